The van der Waals surface area contributed by atoms with Gasteiger partial charge in [0.1, 0.15) is 5.84 Å². The van der Waals surface area contributed by atoms with Crippen LogP contribution in [0.2, 0.25) is 0 Å². The van der Waals surface area contributed by atoms with Gasteiger partial charge < -0.3 is 15.7 Å². The van der Waals surface area contributed by atoms with Crippen molar-refractivity contribution in [3.63, 3.8) is 0 Å². The Bertz CT molecular complexity index is 416. The molecule has 0 unspecified atom stereocenters. The fraction of sp³-hybridized carbons (Fsp3) is 0.500. The number of benzene rings is 1. The first-order valence-electron chi connectivity index (χ1n) is 6.30. The maximum atomic E-state index is 8.98. The molecule has 1 aromatic carbocycles. The normalized spacial score (nSPS) is 10.7. The summed E-state index contributed by atoms with van der Waals surface area (Å²) in [6, 6.07) is 6.21. The fourth-order valence-electron chi connectivity index (χ4n) is 2.00. The zero-order valence-corrected chi connectivity index (χ0v) is 11.4. The monoisotopic (exact) mass is 249 g/mol. The Kier molecular flexibility index (Phi) is 5.16. The summed E-state index contributed by atoms with van der Waals surface area (Å²) >= 11 is 0. The van der Waals surface area contributed by atoms with Crippen molar-refractivity contribution in [1.82, 2.24) is 0 Å². The predicted octanol–water partition coefficient (Wildman–Crippen LogP) is 1.88. The number of hydrogen-bond donors (Lipinski definition) is 3. The quantitative estimate of drug-likeness (QED) is 0.532. The molecule has 1 aromatic rings. The molecule has 0 heterocycles. The standard InChI is InChI=1S/C14H23N3O/c1-10(2)17(7-4-8-18)13-9-11(3)5-6-12(13)14(15)16/h5-6,9-10,18H,4,7-8H2,1-3H3,(H3,15,16). The first kappa shape index (κ1) is 14.5. The molecule has 0 bridgehead atoms. The van der Waals surface area contributed by atoms with Crippen LogP contribution >= 0.6 is 0 Å². The molecule has 0 radical (unpaired) electrons. The van der Waals surface area contributed by atoms with Crippen LogP contribution in [0.5, 0.6) is 0 Å². The topological polar surface area (TPSA) is 73.3 Å². The van der Waals surface area contributed by atoms with E-state index in [1.54, 1.807) is 0 Å². The lowest BCUT2D eigenvalue weighted by Gasteiger charge is -2.31. The summed E-state index contributed by atoms with van der Waals surface area (Å²) in [5.74, 6) is 0.0830. The molecule has 4 N–H and O–H groups in total. The fourth-order valence-corrected chi connectivity index (χ4v) is 2.00. The van der Waals surface area contributed by atoms with E-state index < -0.39 is 0 Å². The number of anilines is 1. The molecule has 4 nitrogen and oxygen atoms in total. The van der Waals surface area contributed by atoms with Crippen LogP contribution in [-0.4, -0.2) is 30.1 Å². The van der Waals surface area contributed by atoms with Crippen LogP contribution in [0.4, 0.5) is 5.69 Å². The number of rotatable bonds is 6. The van der Waals surface area contributed by atoms with E-state index in [0.717, 1.165) is 23.4 Å². The van der Waals surface area contributed by atoms with Gasteiger partial charge in [-0.05, 0) is 44.9 Å². The van der Waals surface area contributed by atoms with Gasteiger partial charge in [0.25, 0.3) is 0 Å². The average molecular weight is 249 g/mol. The van der Waals surface area contributed by atoms with Crippen LogP contribution in [-0.2, 0) is 0 Å². The smallest absolute Gasteiger partial charge is 0.124 e. The summed E-state index contributed by atoms with van der Waals surface area (Å²) in [5.41, 5.74) is 8.52. The van der Waals surface area contributed by atoms with Crippen molar-refractivity contribution < 1.29 is 5.11 Å². The van der Waals surface area contributed by atoms with Gasteiger partial charge in [0.2, 0.25) is 0 Å². The molecule has 0 amide bonds. The minimum Gasteiger partial charge on any atom is -0.396 e. The van der Waals surface area contributed by atoms with Crippen LogP contribution in [0.25, 0.3) is 0 Å². The highest BCUT2D eigenvalue weighted by atomic mass is 16.3. The van der Waals surface area contributed by atoms with Crippen LogP contribution in [0.1, 0.15) is 31.4 Å². The summed E-state index contributed by atoms with van der Waals surface area (Å²) in [5, 5.41) is 16.6. The van der Waals surface area contributed by atoms with Gasteiger partial charge in [-0.25, -0.2) is 0 Å². The Balaban J connectivity index is 3.16. The van der Waals surface area contributed by atoms with E-state index in [1.165, 1.54) is 0 Å². The average Bonchev–Trinajstić information content (AvgIpc) is 2.28. The Morgan fingerprint density at radius 3 is 2.61 bits per heavy atom. The number of aliphatic hydroxyl groups excluding tert-OH is 1. The molecule has 0 aromatic heterocycles. The third kappa shape index (κ3) is 3.47. The maximum Gasteiger partial charge on any atom is 0.124 e. The van der Waals surface area contributed by atoms with Gasteiger partial charge in [-0.2, -0.15) is 0 Å². The Morgan fingerprint density at radius 2 is 2.11 bits per heavy atom. The summed E-state index contributed by atoms with van der Waals surface area (Å²) in [6.45, 7) is 7.16. The van der Waals surface area contributed by atoms with Crippen molar-refractivity contribution in [2.45, 2.75) is 33.2 Å². The van der Waals surface area contributed by atoms with Gasteiger partial charge in [0.05, 0.1) is 0 Å². The van der Waals surface area contributed by atoms with Gasteiger partial charge >= 0.3 is 0 Å². The van der Waals surface area contributed by atoms with E-state index in [2.05, 4.69) is 18.7 Å². The van der Waals surface area contributed by atoms with Crippen molar-refractivity contribution in [2.24, 2.45) is 5.73 Å². The lowest BCUT2D eigenvalue weighted by Crippen LogP contribution is -2.34. The third-order valence-corrected chi connectivity index (χ3v) is 2.93. The maximum absolute atomic E-state index is 8.98. The van der Waals surface area contributed by atoms with Crippen molar-refractivity contribution in [1.29, 1.82) is 5.41 Å². The van der Waals surface area contributed by atoms with Crippen molar-refractivity contribution in [3.05, 3.63) is 29.3 Å². The number of nitrogen functional groups attached to an aromatic ring is 1. The molecule has 0 spiro atoms. The zero-order valence-electron chi connectivity index (χ0n) is 11.4. The molecule has 18 heavy (non-hydrogen) atoms. The molecule has 0 aliphatic heterocycles. The van der Waals surface area contributed by atoms with E-state index >= 15 is 0 Å². The Hall–Kier alpha value is -1.55. The summed E-state index contributed by atoms with van der Waals surface area (Å²) < 4.78 is 0. The molecule has 0 saturated heterocycles. The number of amidine groups is 1. The van der Waals surface area contributed by atoms with Crippen molar-refractivity contribution in [2.75, 3.05) is 18.1 Å². The molecule has 100 valence electrons. The number of aliphatic hydroxyl groups is 1. The van der Waals surface area contributed by atoms with E-state index in [4.69, 9.17) is 16.2 Å². The number of nitrogens with two attached hydrogens (primary N) is 1. The van der Waals surface area contributed by atoms with Crippen LogP contribution in [0.3, 0.4) is 0 Å². The number of aryl methyl sites for hydroxylation is 1. The molecule has 1 rings (SSSR count). The minimum absolute atomic E-state index is 0.0830. The van der Waals surface area contributed by atoms with E-state index in [1.807, 2.05) is 25.1 Å². The van der Waals surface area contributed by atoms with Crippen molar-refractivity contribution in [3.8, 4) is 0 Å². The first-order chi connectivity index (χ1) is 8.47. The molecular formula is C14H23N3O. The lowest BCUT2D eigenvalue weighted by molar-refractivity contribution is 0.288. The molecular weight excluding hydrogens is 226 g/mol. The van der Waals surface area contributed by atoms with Crippen molar-refractivity contribution >= 4 is 11.5 Å². The summed E-state index contributed by atoms with van der Waals surface area (Å²) in [6.07, 6.45) is 0.712. The SMILES string of the molecule is Cc1ccc(C(=N)N)c(N(CCCO)C(C)C)c1. The summed E-state index contributed by atoms with van der Waals surface area (Å²) in [4.78, 5) is 2.18. The minimum atomic E-state index is 0.0830. The molecule has 0 aliphatic rings. The number of hydrogen-bond acceptors (Lipinski definition) is 3. The highest BCUT2D eigenvalue weighted by Crippen LogP contribution is 2.24. The lowest BCUT2D eigenvalue weighted by atomic mass is 10.1. The predicted molar refractivity (Wildman–Crippen MR) is 76.4 cm³/mol. The highest BCUT2D eigenvalue weighted by molar-refractivity contribution is 6.00. The van der Waals surface area contributed by atoms with E-state index in [9.17, 15) is 0 Å². The van der Waals surface area contributed by atoms with E-state index in [-0.39, 0.29) is 12.4 Å². The molecule has 0 aliphatic carbocycles. The zero-order chi connectivity index (χ0) is 13.7. The number of nitrogens with one attached hydrogen (secondary N) is 1. The van der Waals surface area contributed by atoms with Gasteiger partial charge in [-0.1, -0.05) is 6.07 Å². The second-order valence-electron chi connectivity index (χ2n) is 4.80. The number of nitrogens with zero attached hydrogens (tertiary/aromatic N) is 1. The second-order valence-corrected chi connectivity index (χ2v) is 4.80. The van der Waals surface area contributed by atoms with Gasteiger partial charge in [0, 0.05) is 30.4 Å². The molecule has 0 fully saturated rings. The highest BCUT2D eigenvalue weighted by Gasteiger charge is 2.15. The molecule has 0 atom stereocenters. The molecule has 4 heteroatoms. The second kappa shape index (κ2) is 6.40. The van der Waals surface area contributed by atoms with Gasteiger partial charge in [0.15, 0.2) is 0 Å². The van der Waals surface area contributed by atoms with Crippen LogP contribution < -0.4 is 10.6 Å². The first-order valence-corrected chi connectivity index (χ1v) is 6.30. The van der Waals surface area contributed by atoms with Crippen LogP contribution in [0.15, 0.2) is 18.2 Å². The van der Waals surface area contributed by atoms with Gasteiger partial charge in [-0.3, -0.25) is 5.41 Å². The Labute approximate surface area is 109 Å². The Morgan fingerprint density at radius 1 is 1.44 bits per heavy atom. The van der Waals surface area contributed by atoms with E-state index in [0.29, 0.717) is 12.5 Å². The van der Waals surface area contributed by atoms with Crippen LogP contribution in [0, 0.1) is 12.3 Å². The largest absolute Gasteiger partial charge is 0.396 e. The van der Waals surface area contributed by atoms with Gasteiger partial charge in [-0.15, -0.1) is 0 Å². The molecule has 0 saturated carbocycles. The third-order valence-electron chi connectivity index (χ3n) is 2.93. The summed E-state index contributed by atoms with van der Waals surface area (Å²) in [7, 11) is 0.